The second kappa shape index (κ2) is 24.2. The van der Waals surface area contributed by atoms with Gasteiger partial charge in [-0.05, 0) is 159 Å². The smallest absolute Gasteiger partial charge is 0.336 e. The van der Waals surface area contributed by atoms with Crippen molar-refractivity contribution >= 4 is 30.1 Å². The Balaban J connectivity index is 0.993. The van der Waals surface area contributed by atoms with Crippen molar-refractivity contribution in [3.63, 3.8) is 0 Å². The minimum atomic E-state index is -0.467. The summed E-state index contributed by atoms with van der Waals surface area (Å²) in [4.78, 5) is 35.7. The van der Waals surface area contributed by atoms with Gasteiger partial charge in [0.2, 0.25) is 6.79 Å². The molecule has 0 amide bonds. The molecule has 0 atom stereocenters. The van der Waals surface area contributed by atoms with Gasteiger partial charge in [0.05, 0.1) is 32.7 Å². The van der Waals surface area contributed by atoms with Crippen LogP contribution in [0.5, 0.6) is 23.0 Å². The molecule has 10 heteroatoms. The van der Waals surface area contributed by atoms with Gasteiger partial charge in [0.15, 0.2) is 0 Å². The van der Waals surface area contributed by atoms with Crippen molar-refractivity contribution in [1.82, 2.24) is 0 Å². The SMILES string of the molecule is C=C(C)C(=O)OCCCCCCOc1ccc(C=COCOc2ccc3c(c2)C(C)(C)c2cc(OC(=O)C=Cc4ccc(OCCCCCCOC(=O)C(=C)C)cc4)ccc2-3)cc1. The topological polar surface area (TPSA) is 116 Å². The molecule has 0 aliphatic heterocycles. The zero-order valence-corrected chi connectivity index (χ0v) is 37.1. The second-order valence-corrected chi connectivity index (χ2v) is 16.0. The summed E-state index contributed by atoms with van der Waals surface area (Å²) in [6, 6.07) is 27.2. The van der Waals surface area contributed by atoms with E-state index in [0.29, 0.717) is 49.1 Å². The van der Waals surface area contributed by atoms with Crippen LogP contribution in [0.4, 0.5) is 0 Å². The number of carbonyl (C=O) groups excluding carboxylic acids is 3. The van der Waals surface area contributed by atoms with Crippen LogP contribution in [0.1, 0.15) is 101 Å². The molecule has 0 radical (unpaired) electrons. The predicted octanol–water partition coefficient (Wildman–Crippen LogP) is 11.8. The van der Waals surface area contributed by atoms with Gasteiger partial charge in [0, 0.05) is 22.6 Å². The zero-order chi connectivity index (χ0) is 45.0. The van der Waals surface area contributed by atoms with Crippen LogP contribution < -0.4 is 18.9 Å². The van der Waals surface area contributed by atoms with Crippen molar-refractivity contribution in [2.45, 2.75) is 84.5 Å². The van der Waals surface area contributed by atoms with Crippen LogP contribution in [0, 0.1) is 0 Å². The standard InChI is InChI=1S/C53H60O10/c1-38(2)51(55)60-32-13-9-7-11-30-58-42-20-15-40(16-21-42)19-28-50(54)63-45-25-27-47-46-26-24-44(35-48(46)53(5,6)49(47)36-45)62-37-57-34-29-41-17-22-43(23-18-41)59-31-12-8-10-14-33-61-52(56)39(3)4/h15-29,34-36H,1,3,7-14,30-33,37H2,2,4-6H3. The van der Waals surface area contributed by atoms with E-state index in [2.05, 4.69) is 33.1 Å². The van der Waals surface area contributed by atoms with Crippen molar-refractivity contribution in [2.24, 2.45) is 0 Å². The molecule has 0 spiro atoms. The highest BCUT2D eigenvalue weighted by Crippen LogP contribution is 2.50. The molecule has 63 heavy (non-hydrogen) atoms. The van der Waals surface area contributed by atoms with Gasteiger partial charge < -0.3 is 33.2 Å². The van der Waals surface area contributed by atoms with E-state index in [1.54, 1.807) is 26.2 Å². The first kappa shape index (κ1) is 47.5. The van der Waals surface area contributed by atoms with Crippen molar-refractivity contribution in [1.29, 1.82) is 0 Å². The first-order chi connectivity index (χ1) is 30.4. The summed E-state index contributed by atoms with van der Waals surface area (Å²) in [5.74, 6) is 1.59. The molecule has 0 saturated carbocycles. The summed E-state index contributed by atoms with van der Waals surface area (Å²) in [7, 11) is 0. The highest BCUT2D eigenvalue weighted by atomic mass is 16.7. The average Bonchev–Trinajstić information content (AvgIpc) is 3.49. The molecule has 0 N–H and O–H groups in total. The van der Waals surface area contributed by atoms with Gasteiger partial charge in [-0.2, -0.15) is 0 Å². The Kier molecular flexibility index (Phi) is 18.2. The minimum Gasteiger partial charge on any atom is -0.494 e. The molecule has 0 unspecified atom stereocenters. The van der Waals surface area contributed by atoms with Gasteiger partial charge in [0.1, 0.15) is 23.0 Å². The largest absolute Gasteiger partial charge is 0.494 e. The molecule has 332 valence electrons. The monoisotopic (exact) mass is 856 g/mol. The number of ether oxygens (including phenoxy) is 7. The third kappa shape index (κ3) is 15.1. The molecule has 1 aliphatic rings. The van der Waals surface area contributed by atoms with E-state index in [1.165, 1.54) is 6.08 Å². The van der Waals surface area contributed by atoms with Crippen LogP contribution in [0.2, 0.25) is 0 Å². The third-order valence-electron chi connectivity index (χ3n) is 10.4. The Bertz CT molecular complexity index is 2230. The first-order valence-corrected chi connectivity index (χ1v) is 21.6. The summed E-state index contributed by atoms with van der Waals surface area (Å²) >= 11 is 0. The lowest BCUT2D eigenvalue weighted by Gasteiger charge is -2.22. The number of unbranched alkanes of at least 4 members (excludes halogenated alkanes) is 6. The van der Waals surface area contributed by atoms with E-state index in [4.69, 9.17) is 33.2 Å². The molecule has 0 saturated heterocycles. The molecule has 0 aromatic heterocycles. The minimum absolute atomic E-state index is 0.0475. The van der Waals surface area contributed by atoms with Gasteiger partial charge >= 0.3 is 17.9 Å². The van der Waals surface area contributed by atoms with Crippen LogP contribution in [-0.4, -0.2) is 51.1 Å². The van der Waals surface area contributed by atoms with Crippen LogP contribution in [-0.2, 0) is 34.0 Å². The van der Waals surface area contributed by atoms with Crippen LogP contribution in [0.25, 0.3) is 23.3 Å². The maximum atomic E-state index is 12.8. The molecule has 4 aromatic carbocycles. The van der Waals surface area contributed by atoms with E-state index in [0.717, 1.165) is 96.2 Å². The van der Waals surface area contributed by atoms with E-state index >= 15 is 0 Å². The zero-order valence-electron chi connectivity index (χ0n) is 37.1. The average molecular weight is 857 g/mol. The van der Waals surface area contributed by atoms with Gasteiger partial charge in [-0.15, -0.1) is 0 Å². The van der Waals surface area contributed by atoms with Crippen molar-refractivity contribution < 1.29 is 47.5 Å². The van der Waals surface area contributed by atoms with Crippen molar-refractivity contribution in [3.05, 3.63) is 144 Å². The Labute approximate surface area is 372 Å². The Morgan fingerprint density at radius 3 is 1.49 bits per heavy atom. The summed E-state index contributed by atoms with van der Waals surface area (Å²) in [6.07, 6.45) is 14.0. The number of hydrogen-bond donors (Lipinski definition) is 0. The molecule has 0 fully saturated rings. The van der Waals surface area contributed by atoms with E-state index in [-0.39, 0.29) is 24.1 Å². The first-order valence-electron chi connectivity index (χ1n) is 21.6. The summed E-state index contributed by atoms with van der Waals surface area (Å²) < 4.78 is 39.3. The molecule has 0 heterocycles. The molecule has 0 bridgehead atoms. The lowest BCUT2D eigenvalue weighted by molar-refractivity contribution is -0.139. The van der Waals surface area contributed by atoms with Crippen molar-refractivity contribution in [2.75, 3.05) is 33.2 Å². The molecule has 10 nitrogen and oxygen atoms in total. The normalized spacial score (nSPS) is 12.3. The number of carbonyl (C=O) groups is 3. The van der Waals surface area contributed by atoms with Gasteiger partial charge in [0.25, 0.3) is 0 Å². The lowest BCUT2D eigenvalue weighted by atomic mass is 9.82. The number of benzene rings is 4. The number of rotatable bonds is 26. The van der Waals surface area contributed by atoms with Crippen LogP contribution in [0.3, 0.4) is 0 Å². The third-order valence-corrected chi connectivity index (χ3v) is 10.4. The van der Waals surface area contributed by atoms with E-state index < -0.39 is 5.97 Å². The fourth-order valence-corrected chi connectivity index (χ4v) is 6.85. The number of esters is 3. The maximum Gasteiger partial charge on any atom is 0.336 e. The quantitative estimate of drug-likeness (QED) is 0.0151. The van der Waals surface area contributed by atoms with Crippen molar-refractivity contribution in [3.8, 4) is 34.1 Å². The fourth-order valence-electron chi connectivity index (χ4n) is 6.85. The predicted molar refractivity (Wildman–Crippen MR) is 247 cm³/mol. The highest BCUT2D eigenvalue weighted by molar-refractivity contribution is 5.89. The Morgan fingerprint density at radius 2 is 0.984 bits per heavy atom. The van der Waals surface area contributed by atoms with E-state index in [1.807, 2.05) is 84.9 Å². The highest BCUT2D eigenvalue weighted by Gasteiger charge is 2.36. The van der Waals surface area contributed by atoms with E-state index in [9.17, 15) is 14.4 Å². The van der Waals surface area contributed by atoms with Gasteiger partial charge in [-0.25, -0.2) is 14.4 Å². The molecular formula is C53H60O10. The number of fused-ring (bicyclic) bond motifs is 3. The molecular weight excluding hydrogens is 797 g/mol. The molecule has 5 rings (SSSR count). The van der Waals surface area contributed by atoms with Gasteiger partial charge in [-0.1, -0.05) is 63.4 Å². The summed E-state index contributed by atoms with van der Waals surface area (Å²) in [5.41, 5.74) is 6.68. The van der Waals surface area contributed by atoms with Crippen LogP contribution >= 0.6 is 0 Å². The van der Waals surface area contributed by atoms with Gasteiger partial charge in [-0.3, -0.25) is 0 Å². The Hall–Kier alpha value is -6.55. The number of hydrogen-bond acceptors (Lipinski definition) is 10. The molecule has 4 aromatic rings. The maximum absolute atomic E-state index is 12.8. The lowest BCUT2D eigenvalue weighted by Crippen LogP contribution is -2.15. The fraction of sp³-hybridized carbons (Fsp3) is 0.340. The van der Waals surface area contributed by atoms with Crippen LogP contribution in [0.15, 0.2) is 122 Å². The summed E-state index contributed by atoms with van der Waals surface area (Å²) in [5, 5.41) is 0. The summed E-state index contributed by atoms with van der Waals surface area (Å²) in [6.45, 7) is 16.8. The molecule has 1 aliphatic carbocycles. The second-order valence-electron chi connectivity index (χ2n) is 16.0. The Morgan fingerprint density at radius 1 is 0.540 bits per heavy atom.